The van der Waals surface area contributed by atoms with Gasteiger partial charge < -0.3 is 4.57 Å². The van der Waals surface area contributed by atoms with Gasteiger partial charge in [-0.25, -0.2) is 4.98 Å². The molecule has 26 heavy (non-hydrogen) atoms. The number of alkyl halides is 3. The first-order chi connectivity index (χ1) is 12.4. The maximum absolute atomic E-state index is 13.3. The Labute approximate surface area is 151 Å². The van der Waals surface area contributed by atoms with Crippen molar-refractivity contribution in [2.24, 2.45) is 7.05 Å². The van der Waals surface area contributed by atoms with Gasteiger partial charge in [0.15, 0.2) is 0 Å². The molecular weight excluding hydrogens is 341 g/mol. The first-order valence-electron chi connectivity index (χ1n) is 9.24. The highest BCUT2D eigenvalue weighted by molar-refractivity contribution is 5.25. The summed E-state index contributed by atoms with van der Waals surface area (Å²) >= 11 is 0. The highest BCUT2D eigenvalue weighted by atomic mass is 19.4. The molecule has 1 aliphatic heterocycles. The first-order valence-corrected chi connectivity index (χ1v) is 9.24. The lowest BCUT2D eigenvalue weighted by Crippen LogP contribution is -2.27. The third-order valence-electron chi connectivity index (χ3n) is 5.62. The molecule has 0 radical (unpaired) electrons. The van der Waals surface area contributed by atoms with Crippen LogP contribution in [0.25, 0.3) is 0 Å². The van der Waals surface area contributed by atoms with Crippen molar-refractivity contribution in [2.45, 2.75) is 57.3 Å². The highest BCUT2D eigenvalue weighted by Crippen LogP contribution is 2.37. The lowest BCUT2D eigenvalue weighted by molar-refractivity contribution is -0.138. The summed E-state index contributed by atoms with van der Waals surface area (Å²) in [5.74, 6) is 0.999. The van der Waals surface area contributed by atoms with Gasteiger partial charge in [-0.2, -0.15) is 13.2 Å². The summed E-state index contributed by atoms with van der Waals surface area (Å²) < 4.78 is 42.0. The number of halogens is 3. The SMILES string of the molecule is Cn1c(C2CCCN2Cc2ncccc2C(F)(F)F)nc2c1CCCC2. The zero-order valence-electron chi connectivity index (χ0n) is 14.9. The molecule has 0 saturated carbocycles. The average molecular weight is 364 g/mol. The minimum Gasteiger partial charge on any atom is -0.334 e. The van der Waals surface area contributed by atoms with E-state index in [9.17, 15) is 13.2 Å². The van der Waals surface area contributed by atoms with Crippen LogP contribution >= 0.6 is 0 Å². The van der Waals surface area contributed by atoms with E-state index in [-0.39, 0.29) is 18.3 Å². The summed E-state index contributed by atoms with van der Waals surface area (Å²) in [5.41, 5.74) is 1.94. The number of aromatic nitrogens is 3. The molecule has 2 aromatic rings. The standard InChI is InChI=1S/C19H23F3N4/c1-25-16-8-3-2-7-14(16)24-18(25)17-9-5-11-26(17)12-15-13(19(20,21)22)6-4-10-23-15/h4,6,10,17H,2-3,5,7-9,11-12H2,1H3. The quantitative estimate of drug-likeness (QED) is 0.824. The van der Waals surface area contributed by atoms with E-state index in [1.54, 1.807) is 0 Å². The molecule has 7 heteroatoms. The van der Waals surface area contributed by atoms with Gasteiger partial charge in [0.2, 0.25) is 0 Å². The Morgan fingerprint density at radius 1 is 1.19 bits per heavy atom. The zero-order valence-corrected chi connectivity index (χ0v) is 14.9. The summed E-state index contributed by atoms with van der Waals surface area (Å²) in [6, 6.07) is 2.53. The number of imidazole rings is 1. The van der Waals surface area contributed by atoms with E-state index in [1.165, 1.54) is 36.5 Å². The lowest BCUT2D eigenvalue weighted by atomic mass is 10.0. The lowest BCUT2D eigenvalue weighted by Gasteiger charge is -2.25. The van der Waals surface area contributed by atoms with E-state index < -0.39 is 11.7 Å². The Balaban J connectivity index is 1.62. The van der Waals surface area contributed by atoms with E-state index in [4.69, 9.17) is 4.98 Å². The van der Waals surface area contributed by atoms with Crippen LogP contribution < -0.4 is 0 Å². The molecule has 140 valence electrons. The molecule has 1 saturated heterocycles. The van der Waals surface area contributed by atoms with Gasteiger partial charge in [-0.3, -0.25) is 9.88 Å². The van der Waals surface area contributed by atoms with Gasteiger partial charge in [-0.1, -0.05) is 0 Å². The molecule has 4 rings (SSSR count). The van der Waals surface area contributed by atoms with Gasteiger partial charge in [0.1, 0.15) is 5.82 Å². The number of rotatable bonds is 3. The molecule has 0 aromatic carbocycles. The van der Waals surface area contributed by atoms with Crippen LogP contribution in [0.2, 0.25) is 0 Å². The maximum Gasteiger partial charge on any atom is 0.418 e. The third-order valence-corrected chi connectivity index (χ3v) is 5.62. The number of hydrogen-bond acceptors (Lipinski definition) is 3. The fraction of sp³-hybridized carbons (Fsp3) is 0.579. The molecule has 4 nitrogen and oxygen atoms in total. The monoisotopic (exact) mass is 364 g/mol. The largest absolute Gasteiger partial charge is 0.418 e. The minimum atomic E-state index is -4.37. The van der Waals surface area contributed by atoms with Crippen LogP contribution in [0, 0.1) is 0 Å². The van der Waals surface area contributed by atoms with Gasteiger partial charge in [0.05, 0.1) is 23.0 Å². The summed E-state index contributed by atoms with van der Waals surface area (Å²) in [5, 5.41) is 0. The minimum absolute atomic E-state index is 0.0636. The smallest absolute Gasteiger partial charge is 0.334 e. The fourth-order valence-corrected chi connectivity index (χ4v) is 4.33. The van der Waals surface area contributed by atoms with Crippen LogP contribution in [0.15, 0.2) is 18.3 Å². The molecule has 1 aliphatic carbocycles. The molecule has 1 fully saturated rings. The Kier molecular flexibility index (Phi) is 4.50. The topological polar surface area (TPSA) is 34.0 Å². The van der Waals surface area contributed by atoms with Crippen molar-refractivity contribution in [3.63, 3.8) is 0 Å². The van der Waals surface area contributed by atoms with Crippen molar-refractivity contribution in [3.8, 4) is 0 Å². The molecule has 2 aromatic heterocycles. The molecule has 0 bridgehead atoms. The highest BCUT2D eigenvalue weighted by Gasteiger charge is 2.37. The number of likely N-dealkylation sites (tertiary alicyclic amines) is 1. The molecular formula is C19H23F3N4. The summed E-state index contributed by atoms with van der Waals surface area (Å²) in [6.07, 6.45) is 3.37. The van der Waals surface area contributed by atoms with Gasteiger partial charge in [-0.05, 0) is 57.2 Å². The molecule has 1 atom stereocenters. The van der Waals surface area contributed by atoms with Crippen molar-refractivity contribution < 1.29 is 13.2 Å². The van der Waals surface area contributed by atoms with Crippen LogP contribution in [0.5, 0.6) is 0 Å². The molecule has 2 aliphatic rings. The number of fused-ring (bicyclic) bond motifs is 1. The third kappa shape index (κ3) is 3.13. The van der Waals surface area contributed by atoms with E-state index in [1.807, 2.05) is 7.05 Å². The summed E-state index contributed by atoms with van der Waals surface area (Å²) in [6.45, 7) is 0.980. The Hall–Kier alpha value is -1.89. The van der Waals surface area contributed by atoms with Gasteiger partial charge in [0.25, 0.3) is 0 Å². The van der Waals surface area contributed by atoms with Crippen molar-refractivity contribution >= 4 is 0 Å². The Morgan fingerprint density at radius 3 is 2.77 bits per heavy atom. The molecule has 1 unspecified atom stereocenters. The van der Waals surface area contributed by atoms with Crippen molar-refractivity contribution in [1.29, 1.82) is 0 Å². The fourth-order valence-electron chi connectivity index (χ4n) is 4.33. The maximum atomic E-state index is 13.3. The second-order valence-electron chi connectivity index (χ2n) is 7.25. The molecule has 0 N–H and O–H groups in total. The second kappa shape index (κ2) is 6.68. The Morgan fingerprint density at radius 2 is 2.00 bits per heavy atom. The van der Waals surface area contributed by atoms with E-state index >= 15 is 0 Å². The van der Waals surface area contributed by atoms with Crippen LogP contribution in [-0.4, -0.2) is 26.0 Å². The number of hydrogen-bond donors (Lipinski definition) is 0. The van der Waals surface area contributed by atoms with Crippen LogP contribution in [0.4, 0.5) is 13.2 Å². The van der Waals surface area contributed by atoms with Gasteiger partial charge in [-0.15, -0.1) is 0 Å². The van der Waals surface area contributed by atoms with Crippen molar-refractivity contribution in [1.82, 2.24) is 19.4 Å². The number of nitrogens with zero attached hydrogens (tertiary/aromatic N) is 4. The Bertz CT molecular complexity index is 797. The number of aryl methyl sites for hydroxylation is 1. The van der Waals surface area contributed by atoms with E-state index in [0.717, 1.165) is 44.1 Å². The molecule has 0 amide bonds. The number of pyridine rings is 1. The molecule has 3 heterocycles. The predicted molar refractivity (Wildman–Crippen MR) is 91.5 cm³/mol. The average Bonchev–Trinajstić information content (AvgIpc) is 3.19. The van der Waals surface area contributed by atoms with E-state index in [0.29, 0.717) is 0 Å². The van der Waals surface area contributed by atoms with Gasteiger partial charge in [0, 0.05) is 25.5 Å². The summed E-state index contributed by atoms with van der Waals surface area (Å²) in [7, 11) is 2.05. The van der Waals surface area contributed by atoms with Gasteiger partial charge >= 0.3 is 6.18 Å². The first kappa shape index (κ1) is 17.5. The zero-order chi connectivity index (χ0) is 18.3. The normalized spacial score (nSPS) is 21.2. The van der Waals surface area contributed by atoms with Crippen LogP contribution in [0.1, 0.15) is 60.2 Å². The summed E-state index contributed by atoms with van der Waals surface area (Å²) in [4.78, 5) is 11.0. The van der Waals surface area contributed by atoms with E-state index in [2.05, 4.69) is 14.5 Å². The van der Waals surface area contributed by atoms with Crippen molar-refractivity contribution in [3.05, 3.63) is 46.8 Å². The van der Waals surface area contributed by atoms with Crippen molar-refractivity contribution in [2.75, 3.05) is 6.54 Å². The molecule has 0 spiro atoms. The predicted octanol–water partition coefficient (Wildman–Crippen LogP) is 4.05. The van der Waals surface area contributed by atoms with Crippen LogP contribution in [0.3, 0.4) is 0 Å². The second-order valence-corrected chi connectivity index (χ2v) is 7.25. The van der Waals surface area contributed by atoms with Crippen LogP contribution in [-0.2, 0) is 32.6 Å².